The molecule has 1 aliphatic rings. The molecule has 0 aromatic heterocycles. The van der Waals surface area contributed by atoms with Gasteiger partial charge in [0.25, 0.3) is 0 Å². The van der Waals surface area contributed by atoms with Gasteiger partial charge in [-0.1, -0.05) is 0 Å². The summed E-state index contributed by atoms with van der Waals surface area (Å²) in [5.41, 5.74) is 0.755. The summed E-state index contributed by atoms with van der Waals surface area (Å²) in [7, 11) is 3.19. The molecule has 2 unspecified atom stereocenters. The van der Waals surface area contributed by atoms with Crippen LogP contribution in [0, 0.1) is 0 Å². The van der Waals surface area contributed by atoms with Crippen molar-refractivity contribution in [3.63, 3.8) is 0 Å². The van der Waals surface area contributed by atoms with Crippen LogP contribution in [-0.2, 0) is 14.3 Å². The third-order valence-corrected chi connectivity index (χ3v) is 3.64. The molecule has 22 heavy (non-hydrogen) atoms. The second kappa shape index (κ2) is 6.40. The summed E-state index contributed by atoms with van der Waals surface area (Å²) in [5.74, 6) is 0.970. The Bertz CT molecular complexity index is 570. The normalized spacial score (nSPS) is 23.9. The summed E-state index contributed by atoms with van der Waals surface area (Å²) in [6.45, 7) is 5.74. The largest absolute Gasteiger partial charge is 0.497 e. The molecule has 0 amide bonds. The molecular weight excluding hydrogens is 284 g/mol. The van der Waals surface area contributed by atoms with Crippen LogP contribution in [0.5, 0.6) is 11.5 Å². The van der Waals surface area contributed by atoms with Crippen LogP contribution in [0.2, 0.25) is 0 Å². The molecule has 0 fully saturated rings. The zero-order valence-corrected chi connectivity index (χ0v) is 13.6. The molecule has 2 atom stereocenters. The van der Waals surface area contributed by atoms with Gasteiger partial charge in [0.15, 0.2) is 5.60 Å². The van der Waals surface area contributed by atoms with Crippen molar-refractivity contribution >= 4 is 5.97 Å². The Labute approximate surface area is 130 Å². The van der Waals surface area contributed by atoms with E-state index in [1.807, 2.05) is 25.1 Å². The molecule has 0 saturated carbocycles. The lowest BCUT2D eigenvalue weighted by Gasteiger charge is -2.23. The lowest BCUT2D eigenvalue weighted by Crippen LogP contribution is -2.35. The van der Waals surface area contributed by atoms with Crippen molar-refractivity contribution in [2.75, 3.05) is 20.8 Å². The number of hydrogen-bond acceptors (Lipinski definition) is 5. The van der Waals surface area contributed by atoms with E-state index in [0.717, 1.165) is 11.1 Å². The van der Waals surface area contributed by atoms with Gasteiger partial charge in [-0.15, -0.1) is 0 Å². The smallest absolute Gasteiger partial charge is 0.342 e. The van der Waals surface area contributed by atoms with Gasteiger partial charge >= 0.3 is 5.97 Å². The average Bonchev–Trinajstić information content (AvgIpc) is 2.83. The van der Waals surface area contributed by atoms with E-state index in [-0.39, 0.29) is 12.1 Å². The Hall–Kier alpha value is -2.01. The highest BCUT2D eigenvalue weighted by molar-refractivity contribution is 5.82. The molecule has 120 valence electrons. The van der Waals surface area contributed by atoms with E-state index in [1.54, 1.807) is 34.1 Å². The number of carbonyl (C=O) groups is 1. The zero-order chi connectivity index (χ0) is 16.3. The second-order valence-electron chi connectivity index (χ2n) is 5.36. The fraction of sp³-hybridized carbons (Fsp3) is 0.471. The number of methoxy groups -OCH3 is 2. The van der Waals surface area contributed by atoms with Gasteiger partial charge in [-0.2, -0.15) is 0 Å². The number of rotatable bonds is 5. The third kappa shape index (κ3) is 3.09. The van der Waals surface area contributed by atoms with Crippen molar-refractivity contribution in [2.24, 2.45) is 0 Å². The standard InChI is InChI=1S/C17H22O5/c1-6-21-16(18)17(3)10-11(2)15(22-17)12-7-13(19-4)9-14(8-12)20-5/h7-10,15H,6H2,1-5H3. The van der Waals surface area contributed by atoms with Gasteiger partial charge in [0.2, 0.25) is 0 Å². The van der Waals surface area contributed by atoms with Crippen LogP contribution in [0.25, 0.3) is 0 Å². The molecule has 1 aromatic carbocycles. The van der Waals surface area contributed by atoms with Crippen LogP contribution in [0.3, 0.4) is 0 Å². The molecule has 1 aliphatic heterocycles. The van der Waals surface area contributed by atoms with Crippen LogP contribution in [0.4, 0.5) is 0 Å². The summed E-state index contributed by atoms with van der Waals surface area (Å²) in [4.78, 5) is 12.1. The number of benzene rings is 1. The van der Waals surface area contributed by atoms with Crippen molar-refractivity contribution in [2.45, 2.75) is 32.5 Å². The number of hydrogen-bond donors (Lipinski definition) is 0. The van der Waals surface area contributed by atoms with Crippen LogP contribution in [-0.4, -0.2) is 32.4 Å². The maximum absolute atomic E-state index is 12.1. The topological polar surface area (TPSA) is 54.0 Å². The third-order valence-electron chi connectivity index (χ3n) is 3.64. The van der Waals surface area contributed by atoms with Crippen LogP contribution in [0.1, 0.15) is 32.4 Å². The van der Waals surface area contributed by atoms with E-state index in [9.17, 15) is 4.79 Å². The number of esters is 1. The average molecular weight is 306 g/mol. The van der Waals surface area contributed by atoms with Gasteiger partial charge in [-0.3, -0.25) is 0 Å². The van der Waals surface area contributed by atoms with E-state index in [2.05, 4.69) is 0 Å². The Morgan fingerprint density at radius 3 is 2.32 bits per heavy atom. The van der Waals surface area contributed by atoms with Crippen molar-refractivity contribution in [3.8, 4) is 11.5 Å². The predicted molar refractivity (Wildman–Crippen MR) is 82.2 cm³/mol. The zero-order valence-electron chi connectivity index (χ0n) is 13.6. The summed E-state index contributed by atoms with van der Waals surface area (Å²) < 4.78 is 21.6. The SMILES string of the molecule is CCOC(=O)C1(C)C=C(C)C(c2cc(OC)cc(OC)c2)O1. The monoisotopic (exact) mass is 306 g/mol. The number of ether oxygens (including phenoxy) is 4. The lowest BCUT2D eigenvalue weighted by molar-refractivity contribution is -0.165. The minimum atomic E-state index is -1.07. The Morgan fingerprint density at radius 2 is 1.82 bits per heavy atom. The molecule has 0 bridgehead atoms. The quantitative estimate of drug-likeness (QED) is 0.618. The Kier molecular flexibility index (Phi) is 4.76. The van der Waals surface area contributed by atoms with Crippen molar-refractivity contribution in [3.05, 3.63) is 35.4 Å². The van der Waals surface area contributed by atoms with E-state index < -0.39 is 5.60 Å². The predicted octanol–water partition coefficient (Wildman–Crippen LogP) is 3.04. The minimum absolute atomic E-state index is 0.322. The lowest BCUT2D eigenvalue weighted by atomic mass is 10.0. The minimum Gasteiger partial charge on any atom is -0.497 e. The molecule has 2 rings (SSSR count). The molecule has 0 saturated heterocycles. The fourth-order valence-electron chi connectivity index (χ4n) is 2.58. The molecule has 1 heterocycles. The molecule has 0 aliphatic carbocycles. The first-order valence-corrected chi connectivity index (χ1v) is 7.21. The van der Waals surface area contributed by atoms with Gasteiger partial charge in [-0.05, 0) is 50.1 Å². The highest BCUT2D eigenvalue weighted by atomic mass is 16.6. The number of carbonyl (C=O) groups excluding carboxylic acids is 1. The summed E-state index contributed by atoms with van der Waals surface area (Å²) in [6.07, 6.45) is 1.47. The highest BCUT2D eigenvalue weighted by Crippen LogP contribution is 2.41. The van der Waals surface area contributed by atoms with Crippen molar-refractivity contribution < 1.29 is 23.7 Å². The molecule has 0 spiro atoms. The maximum Gasteiger partial charge on any atom is 0.342 e. The molecule has 1 aromatic rings. The van der Waals surface area contributed by atoms with E-state index in [1.165, 1.54) is 0 Å². The molecule has 0 N–H and O–H groups in total. The Morgan fingerprint density at radius 1 is 1.23 bits per heavy atom. The second-order valence-corrected chi connectivity index (χ2v) is 5.36. The fourth-order valence-corrected chi connectivity index (χ4v) is 2.58. The summed E-state index contributed by atoms with van der Waals surface area (Å²) in [6, 6.07) is 5.55. The first kappa shape index (κ1) is 16.4. The maximum atomic E-state index is 12.1. The van der Waals surface area contributed by atoms with Gasteiger partial charge in [0, 0.05) is 6.07 Å². The van der Waals surface area contributed by atoms with E-state index >= 15 is 0 Å². The van der Waals surface area contributed by atoms with Gasteiger partial charge in [0.1, 0.15) is 17.6 Å². The van der Waals surface area contributed by atoms with Gasteiger partial charge in [0.05, 0.1) is 20.8 Å². The van der Waals surface area contributed by atoms with E-state index in [0.29, 0.717) is 18.1 Å². The highest BCUT2D eigenvalue weighted by Gasteiger charge is 2.42. The molecule has 0 radical (unpaired) electrons. The van der Waals surface area contributed by atoms with E-state index in [4.69, 9.17) is 18.9 Å². The summed E-state index contributed by atoms with van der Waals surface area (Å²) in [5, 5.41) is 0. The van der Waals surface area contributed by atoms with Crippen LogP contribution < -0.4 is 9.47 Å². The van der Waals surface area contributed by atoms with Crippen LogP contribution in [0.15, 0.2) is 29.8 Å². The van der Waals surface area contributed by atoms with Gasteiger partial charge < -0.3 is 18.9 Å². The van der Waals surface area contributed by atoms with Crippen molar-refractivity contribution in [1.82, 2.24) is 0 Å². The molecule has 5 nitrogen and oxygen atoms in total. The molecule has 5 heteroatoms. The first-order chi connectivity index (χ1) is 10.4. The Balaban J connectivity index is 2.32. The summed E-state index contributed by atoms with van der Waals surface area (Å²) >= 11 is 0. The molecular formula is C17H22O5. The van der Waals surface area contributed by atoms with Crippen LogP contribution >= 0.6 is 0 Å². The van der Waals surface area contributed by atoms with Gasteiger partial charge in [-0.25, -0.2) is 4.79 Å². The first-order valence-electron chi connectivity index (χ1n) is 7.21. The van der Waals surface area contributed by atoms with Crippen molar-refractivity contribution in [1.29, 1.82) is 0 Å².